The molecule has 3 saturated heterocycles. The summed E-state index contributed by atoms with van der Waals surface area (Å²) < 4.78 is 27.5. The van der Waals surface area contributed by atoms with Crippen molar-refractivity contribution < 1.29 is 33.0 Å². The lowest BCUT2D eigenvalue weighted by Crippen LogP contribution is -2.52. The van der Waals surface area contributed by atoms with E-state index in [1.54, 1.807) is 29.4 Å². The molecule has 0 radical (unpaired) electrons. The van der Waals surface area contributed by atoms with E-state index < -0.39 is 17.8 Å². The molecule has 4 aromatic rings. The predicted octanol–water partition coefficient (Wildman–Crippen LogP) is 5.75. The lowest BCUT2D eigenvalue weighted by Gasteiger charge is -2.39. The fourth-order valence-corrected chi connectivity index (χ4v) is 9.38. The van der Waals surface area contributed by atoms with Gasteiger partial charge < -0.3 is 35.2 Å². The molecule has 15 nitrogen and oxygen atoms in total. The molecular formula is C45H52Cl2FN9O6. The number of unbranched alkanes of at least 4 members (excludes halogenated alkanes) is 2. The molecule has 18 heteroatoms. The van der Waals surface area contributed by atoms with Crippen LogP contribution in [0.5, 0.6) is 5.75 Å². The molecule has 0 unspecified atom stereocenters. The molecule has 0 bridgehead atoms. The Balaban J connectivity index is 0.678. The van der Waals surface area contributed by atoms with Gasteiger partial charge in [-0.1, -0.05) is 29.3 Å². The largest absolute Gasteiger partial charge is 0.489 e. The predicted molar refractivity (Wildman–Crippen MR) is 236 cm³/mol. The van der Waals surface area contributed by atoms with E-state index in [1.165, 1.54) is 12.1 Å². The van der Waals surface area contributed by atoms with Crippen molar-refractivity contribution in [2.45, 2.75) is 70.0 Å². The Hall–Kier alpha value is -5.29. The number of pyridine rings is 1. The first-order valence-electron chi connectivity index (χ1n) is 21.7. The van der Waals surface area contributed by atoms with Gasteiger partial charge in [0.15, 0.2) is 11.6 Å². The number of benzene rings is 2. The molecule has 2 aromatic carbocycles. The number of nitrogen functional groups attached to an aromatic ring is 1. The van der Waals surface area contributed by atoms with E-state index in [2.05, 4.69) is 25.6 Å². The second kappa shape index (κ2) is 20.0. The number of nitrogens with two attached hydrogens (primary N) is 1. The third kappa shape index (κ3) is 10.4. The number of anilines is 2. The highest BCUT2D eigenvalue weighted by atomic mass is 35.5. The Morgan fingerprint density at radius 1 is 1.00 bits per heavy atom. The van der Waals surface area contributed by atoms with Crippen molar-refractivity contribution in [2.24, 2.45) is 5.92 Å². The molecule has 4 N–H and O–H groups in total. The number of piperidine rings is 2. The van der Waals surface area contributed by atoms with Crippen LogP contribution in [0, 0.1) is 11.7 Å². The summed E-state index contributed by atoms with van der Waals surface area (Å²) in [5, 5.41) is 10.9. The van der Waals surface area contributed by atoms with Gasteiger partial charge in [-0.15, -0.1) is 0 Å². The summed E-state index contributed by atoms with van der Waals surface area (Å²) in [6.07, 6.45) is 10.8. The van der Waals surface area contributed by atoms with Gasteiger partial charge in [0.25, 0.3) is 5.91 Å². The molecule has 4 aliphatic heterocycles. The average molecular weight is 905 g/mol. The lowest BCUT2D eigenvalue weighted by atomic mass is 9.99. The smallest absolute Gasteiger partial charge is 0.255 e. The maximum Gasteiger partial charge on any atom is 0.255 e. The monoisotopic (exact) mass is 903 g/mol. The highest BCUT2D eigenvalue weighted by Crippen LogP contribution is 2.34. The number of aromatic nitrogens is 3. The fraction of sp³-hybridized carbons (Fsp3) is 0.467. The number of imide groups is 1. The number of carbonyl (C=O) groups excluding carboxylic acids is 4. The number of hydrogen-bond donors (Lipinski definition) is 3. The van der Waals surface area contributed by atoms with Crippen LogP contribution < -0.4 is 21.1 Å². The summed E-state index contributed by atoms with van der Waals surface area (Å²) >= 11 is 12.3. The van der Waals surface area contributed by atoms with Gasteiger partial charge in [-0.3, -0.25) is 29.2 Å². The minimum atomic E-state index is -0.624. The maximum absolute atomic E-state index is 13.9. The van der Waals surface area contributed by atoms with Crippen molar-refractivity contribution in [3.63, 3.8) is 0 Å². The minimum absolute atomic E-state index is 0.0101. The number of nitrogens with one attached hydrogen (secondary N) is 2. The first-order valence-corrected chi connectivity index (χ1v) is 22.4. The summed E-state index contributed by atoms with van der Waals surface area (Å²) in [4.78, 5) is 60.3. The average Bonchev–Trinajstić information content (AvgIpc) is 3.89. The number of rotatable bonds is 18. The Morgan fingerprint density at radius 3 is 2.63 bits per heavy atom. The van der Waals surface area contributed by atoms with E-state index in [9.17, 15) is 23.6 Å². The van der Waals surface area contributed by atoms with Crippen LogP contribution >= 0.6 is 23.2 Å². The van der Waals surface area contributed by atoms with Gasteiger partial charge in [-0.25, -0.2) is 9.37 Å². The minimum Gasteiger partial charge on any atom is -0.489 e. The zero-order valence-corrected chi connectivity index (χ0v) is 36.5. The summed E-state index contributed by atoms with van der Waals surface area (Å²) in [5.41, 5.74) is 10.6. The topological polar surface area (TPSA) is 177 Å². The van der Waals surface area contributed by atoms with Crippen LogP contribution in [0.3, 0.4) is 0 Å². The summed E-state index contributed by atoms with van der Waals surface area (Å²) in [6, 6.07) is 9.68. The number of carbonyl (C=O) groups is 4. The SMILES string of the molecule is Nc1ncc(-c2cnn(C3CCN(C(=O)COCCCCCN4CC(CNc5cccc6c5CN([C@H]5CCC(=O)NC5=O)C6=O)C4)CC3)c2)cc1OCCc1c(Cl)ccc(F)c1Cl. The summed E-state index contributed by atoms with van der Waals surface area (Å²) in [6.45, 7) is 6.28. The Morgan fingerprint density at radius 2 is 1.83 bits per heavy atom. The first-order chi connectivity index (χ1) is 30.5. The van der Waals surface area contributed by atoms with Gasteiger partial charge in [0, 0.05) is 110 Å². The van der Waals surface area contributed by atoms with Crippen molar-refractivity contribution in [2.75, 3.05) is 70.1 Å². The van der Waals surface area contributed by atoms with E-state index >= 15 is 0 Å². The Bertz CT molecular complexity index is 2330. The second-order valence-electron chi connectivity index (χ2n) is 16.7. The third-order valence-corrected chi connectivity index (χ3v) is 13.2. The molecule has 6 heterocycles. The van der Waals surface area contributed by atoms with Crippen molar-refractivity contribution >= 4 is 58.3 Å². The molecule has 4 aliphatic rings. The van der Waals surface area contributed by atoms with E-state index in [0.29, 0.717) is 60.5 Å². The molecule has 0 saturated carbocycles. The molecule has 3 fully saturated rings. The first kappa shape index (κ1) is 44.3. The van der Waals surface area contributed by atoms with Crippen LogP contribution in [0.15, 0.2) is 55.0 Å². The fourth-order valence-electron chi connectivity index (χ4n) is 8.82. The number of nitrogens with zero attached hydrogens (tertiary/aromatic N) is 6. The molecule has 334 valence electrons. The number of hydrogen-bond acceptors (Lipinski definition) is 11. The Kier molecular flexibility index (Phi) is 14.1. The van der Waals surface area contributed by atoms with Gasteiger partial charge in [0.2, 0.25) is 17.7 Å². The van der Waals surface area contributed by atoms with Crippen molar-refractivity contribution in [1.29, 1.82) is 0 Å². The van der Waals surface area contributed by atoms with Crippen LogP contribution in [0.4, 0.5) is 15.9 Å². The molecule has 0 spiro atoms. The van der Waals surface area contributed by atoms with Gasteiger partial charge in [0.05, 0.1) is 23.9 Å². The normalized spacial score (nSPS) is 18.4. The highest BCUT2D eigenvalue weighted by Gasteiger charge is 2.40. The van der Waals surface area contributed by atoms with Crippen molar-refractivity contribution in [3.8, 4) is 16.9 Å². The van der Waals surface area contributed by atoms with Crippen LogP contribution in [0.25, 0.3) is 11.1 Å². The number of likely N-dealkylation sites (tertiary alicyclic amines) is 2. The number of ether oxygens (including phenoxy) is 2. The van der Waals surface area contributed by atoms with Crippen molar-refractivity contribution in [3.05, 3.63) is 87.5 Å². The van der Waals surface area contributed by atoms with Crippen LogP contribution in [-0.4, -0.2) is 118 Å². The van der Waals surface area contributed by atoms with Crippen molar-refractivity contribution in [1.82, 2.24) is 34.8 Å². The molecule has 63 heavy (non-hydrogen) atoms. The maximum atomic E-state index is 13.9. The summed E-state index contributed by atoms with van der Waals surface area (Å²) in [5.74, 6) is -0.260. The number of halogens is 3. The molecule has 4 amide bonds. The zero-order chi connectivity index (χ0) is 44.0. The van der Waals surface area contributed by atoms with Gasteiger partial charge >= 0.3 is 0 Å². The van der Waals surface area contributed by atoms with E-state index in [0.717, 1.165) is 80.7 Å². The Labute approximate surface area is 375 Å². The quantitative estimate of drug-likeness (QED) is 0.0630. The molecule has 0 aliphatic carbocycles. The molecule has 8 rings (SSSR count). The molecular weight excluding hydrogens is 852 g/mol. The number of amides is 4. The van der Waals surface area contributed by atoms with Crippen LogP contribution in [0.1, 0.15) is 72.5 Å². The van der Waals surface area contributed by atoms with E-state index in [1.807, 2.05) is 27.9 Å². The highest BCUT2D eigenvalue weighted by molar-refractivity contribution is 6.36. The zero-order valence-electron chi connectivity index (χ0n) is 35.0. The molecule has 2 aromatic heterocycles. The van der Waals surface area contributed by atoms with Gasteiger partial charge in [0.1, 0.15) is 18.5 Å². The second-order valence-corrected chi connectivity index (χ2v) is 17.5. The summed E-state index contributed by atoms with van der Waals surface area (Å²) in [7, 11) is 0. The van der Waals surface area contributed by atoms with Gasteiger partial charge in [-0.2, -0.15) is 5.10 Å². The van der Waals surface area contributed by atoms with E-state index in [4.69, 9.17) is 38.4 Å². The van der Waals surface area contributed by atoms with Crippen LogP contribution in [-0.2, 0) is 32.1 Å². The van der Waals surface area contributed by atoms with Gasteiger partial charge in [-0.05, 0) is 81.0 Å². The standard InChI is InChI=1S/C45H52Cl2FN9O6/c46-35-7-8-36(48)42(47)33(35)13-18-63-39-19-29(21-51-43(39)49)30-22-52-57(25-30)31-11-15-55(16-12-31)41(59)27-62-17-3-1-2-14-54-23-28(24-54)20-50-37-6-4-5-32-34(37)26-56(45(32)61)38-9-10-40(58)53-44(38)60/h4-8,19,21-22,25,28,31,38,50H,1-3,9-18,20,23-24,26-27H2,(H2,49,51)(H,53,58,60)/t38-/m0/s1. The molecule has 1 atom stereocenters. The lowest BCUT2D eigenvalue weighted by molar-refractivity contribution is -0.138. The third-order valence-electron chi connectivity index (χ3n) is 12.4. The van der Waals surface area contributed by atoms with Crippen LogP contribution in [0.2, 0.25) is 10.0 Å². The number of fused-ring (bicyclic) bond motifs is 1. The van der Waals surface area contributed by atoms with E-state index in [-0.39, 0.29) is 60.7 Å².